The largest absolute Gasteiger partial charge is 0.294 e. The molecular formula is C26H27N3OS2. The van der Waals surface area contributed by atoms with Crippen LogP contribution in [0.25, 0.3) is 16.0 Å². The molecule has 164 valence electrons. The smallest absolute Gasteiger partial charge is 0.211 e. The maximum absolute atomic E-state index is 13.5. The molecule has 0 atom stereocenters. The van der Waals surface area contributed by atoms with Crippen molar-refractivity contribution in [2.45, 2.75) is 38.5 Å². The van der Waals surface area contributed by atoms with Crippen LogP contribution in [0.4, 0.5) is 0 Å². The van der Waals surface area contributed by atoms with Gasteiger partial charge < -0.3 is 0 Å². The Hall–Kier alpha value is -2.41. The summed E-state index contributed by atoms with van der Waals surface area (Å²) in [4.78, 5) is 22.9. The summed E-state index contributed by atoms with van der Waals surface area (Å²) in [6, 6.07) is 20.9. The van der Waals surface area contributed by atoms with Crippen LogP contribution in [0.1, 0.15) is 29.9 Å². The van der Waals surface area contributed by atoms with Gasteiger partial charge in [-0.2, -0.15) is 0 Å². The van der Waals surface area contributed by atoms with Crippen molar-refractivity contribution in [3.05, 3.63) is 86.9 Å². The lowest BCUT2D eigenvalue weighted by molar-refractivity contribution is 0.248. The zero-order valence-electron chi connectivity index (χ0n) is 18.5. The summed E-state index contributed by atoms with van der Waals surface area (Å²) >= 11 is 3.48. The second-order valence-electron chi connectivity index (χ2n) is 8.70. The zero-order chi connectivity index (χ0) is 22.1. The fraction of sp³-hybridized carbons (Fsp3) is 0.308. The highest BCUT2D eigenvalue weighted by Gasteiger charge is 2.25. The van der Waals surface area contributed by atoms with Crippen molar-refractivity contribution in [2.24, 2.45) is 5.92 Å². The van der Waals surface area contributed by atoms with E-state index >= 15 is 0 Å². The first-order valence-electron chi connectivity index (χ1n) is 11.1. The average Bonchev–Trinajstić information content (AvgIpc) is 3.17. The minimum Gasteiger partial charge on any atom is -0.294 e. The molecule has 32 heavy (non-hydrogen) atoms. The third-order valence-electron chi connectivity index (χ3n) is 5.70. The summed E-state index contributed by atoms with van der Waals surface area (Å²) in [5.41, 5.74) is 4.08. The molecular weight excluding hydrogens is 434 g/mol. The van der Waals surface area contributed by atoms with Gasteiger partial charge in [-0.1, -0.05) is 74.1 Å². The zero-order valence-corrected chi connectivity index (χ0v) is 20.1. The molecule has 0 aliphatic carbocycles. The molecule has 6 heteroatoms. The molecule has 0 unspecified atom stereocenters. The highest BCUT2D eigenvalue weighted by molar-refractivity contribution is 7.99. The third kappa shape index (κ3) is 4.27. The summed E-state index contributed by atoms with van der Waals surface area (Å²) in [5.74, 6) is 1.53. The number of hydrogen-bond acceptors (Lipinski definition) is 5. The monoisotopic (exact) mass is 461 g/mol. The first-order valence-corrected chi connectivity index (χ1v) is 12.9. The molecule has 0 bridgehead atoms. The number of nitrogens with zero attached hydrogens (tertiary/aromatic N) is 3. The number of thioether (sulfide) groups is 1. The van der Waals surface area contributed by atoms with Gasteiger partial charge >= 0.3 is 0 Å². The average molecular weight is 462 g/mol. The predicted octanol–water partition coefficient (Wildman–Crippen LogP) is 5.75. The molecule has 0 saturated carbocycles. The molecule has 0 amide bonds. The van der Waals surface area contributed by atoms with E-state index < -0.39 is 0 Å². The summed E-state index contributed by atoms with van der Waals surface area (Å²) in [7, 11) is 0. The van der Waals surface area contributed by atoms with Crippen molar-refractivity contribution in [3.8, 4) is 5.69 Å². The highest BCUT2D eigenvalue weighted by atomic mass is 32.2. The standard InChI is InChI=1S/C26H27N3OS2/c1-18(2)17-31-26-27-23-24(30)21-13-14-28(15-19-9-5-3-6-10-19)16-22(21)32-25(23)29(26)20-11-7-4-8-12-20/h3-12,18H,13-17H2,1-2H3. The van der Waals surface area contributed by atoms with Gasteiger partial charge in [0.15, 0.2) is 5.16 Å². The summed E-state index contributed by atoms with van der Waals surface area (Å²) in [5, 5.41) is 0.914. The van der Waals surface area contributed by atoms with Crippen molar-refractivity contribution in [3.63, 3.8) is 0 Å². The maximum atomic E-state index is 13.5. The van der Waals surface area contributed by atoms with Crippen LogP contribution in [-0.4, -0.2) is 26.7 Å². The predicted molar refractivity (Wildman–Crippen MR) is 135 cm³/mol. The second kappa shape index (κ2) is 9.22. The van der Waals surface area contributed by atoms with Gasteiger partial charge in [0, 0.05) is 41.5 Å². The molecule has 5 rings (SSSR count). The number of imidazole rings is 1. The minimum absolute atomic E-state index is 0.120. The van der Waals surface area contributed by atoms with Crippen LogP contribution in [0.5, 0.6) is 0 Å². The van der Waals surface area contributed by atoms with Gasteiger partial charge in [0.2, 0.25) is 5.43 Å². The third-order valence-corrected chi connectivity index (χ3v) is 8.26. The van der Waals surface area contributed by atoms with Crippen molar-refractivity contribution < 1.29 is 0 Å². The lowest BCUT2D eigenvalue weighted by Crippen LogP contribution is -2.32. The van der Waals surface area contributed by atoms with Crippen molar-refractivity contribution in [1.29, 1.82) is 0 Å². The molecule has 1 aliphatic rings. The van der Waals surface area contributed by atoms with Gasteiger partial charge in [-0.15, -0.1) is 11.3 Å². The van der Waals surface area contributed by atoms with Gasteiger partial charge in [0.05, 0.1) is 0 Å². The van der Waals surface area contributed by atoms with Crippen molar-refractivity contribution >= 4 is 33.4 Å². The van der Waals surface area contributed by atoms with Gasteiger partial charge in [0.1, 0.15) is 10.3 Å². The molecule has 0 radical (unpaired) electrons. The first-order chi connectivity index (χ1) is 15.6. The van der Waals surface area contributed by atoms with Crippen LogP contribution in [0.2, 0.25) is 0 Å². The molecule has 0 spiro atoms. The van der Waals surface area contributed by atoms with E-state index in [1.807, 2.05) is 18.2 Å². The number of fused-ring (bicyclic) bond motifs is 2. The molecule has 2 aromatic carbocycles. The SMILES string of the molecule is CC(C)CSc1nc2c(=O)c3c(sc2n1-c1ccccc1)CN(Cc1ccccc1)CC3. The Balaban J connectivity index is 1.58. The molecule has 0 saturated heterocycles. The van der Waals surface area contributed by atoms with E-state index in [-0.39, 0.29) is 5.43 Å². The fourth-order valence-corrected chi connectivity index (χ4v) is 6.47. The van der Waals surface area contributed by atoms with E-state index in [9.17, 15) is 4.79 Å². The Morgan fingerprint density at radius 2 is 1.78 bits per heavy atom. The fourth-order valence-electron chi connectivity index (χ4n) is 4.13. The Kier molecular flexibility index (Phi) is 6.17. The number of benzene rings is 2. The van der Waals surface area contributed by atoms with E-state index in [2.05, 4.69) is 65.8 Å². The van der Waals surface area contributed by atoms with Gasteiger partial charge in [-0.25, -0.2) is 4.98 Å². The Morgan fingerprint density at radius 3 is 2.50 bits per heavy atom. The number of rotatable bonds is 6. The molecule has 3 heterocycles. The normalized spacial score (nSPS) is 14.2. The van der Waals surface area contributed by atoms with Crippen LogP contribution in [0.3, 0.4) is 0 Å². The molecule has 4 aromatic rings. The molecule has 0 fully saturated rings. The second-order valence-corrected chi connectivity index (χ2v) is 10.8. The van der Waals surface area contributed by atoms with Crippen molar-refractivity contribution in [1.82, 2.24) is 14.5 Å². The topological polar surface area (TPSA) is 38.1 Å². The van der Waals surface area contributed by atoms with E-state index in [4.69, 9.17) is 4.98 Å². The van der Waals surface area contributed by atoms with Crippen LogP contribution < -0.4 is 5.43 Å². The van der Waals surface area contributed by atoms with Gasteiger partial charge in [0.25, 0.3) is 0 Å². The van der Waals surface area contributed by atoms with E-state index in [0.717, 1.165) is 53.0 Å². The number of aromatic nitrogens is 2. The maximum Gasteiger partial charge on any atom is 0.211 e. The molecule has 1 aliphatic heterocycles. The minimum atomic E-state index is 0.120. The van der Waals surface area contributed by atoms with Crippen LogP contribution in [0.15, 0.2) is 70.6 Å². The summed E-state index contributed by atoms with van der Waals surface area (Å²) < 4.78 is 2.19. The Labute approximate surface area is 196 Å². The number of hydrogen-bond donors (Lipinski definition) is 0. The summed E-state index contributed by atoms with van der Waals surface area (Å²) in [6.45, 7) is 7.05. The van der Waals surface area contributed by atoms with Crippen LogP contribution in [-0.2, 0) is 19.5 Å². The lowest BCUT2D eigenvalue weighted by atomic mass is 10.1. The molecule has 0 N–H and O–H groups in total. The van der Waals surface area contributed by atoms with Crippen LogP contribution >= 0.6 is 23.1 Å². The van der Waals surface area contributed by atoms with Crippen molar-refractivity contribution in [2.75, 3.05) is 12.3 Å². The quantitative estimate of drug-likeness (QED) is 0.343. The molecule has 4 nitrogen and oxygen atoms in total. The highest BCUT2D eigenvalue weighted by Crippen LogP contribution is 2.33. The summed E-state index contributed by atoms with van der Waals surface area (Å²) in [6.07, 6.45) is 0.792. The first kappa shape index (κ1) is 21.4. The van der Waals surface area contributed by atoms with E-state index in [0.29, 0.717) is 11.4 Å². The Bertz CT molecular complexity index is 1280. The van der Waals surface area contributed by atoms with E-state index in [1.54, 1.807) is 23.1 Å². The van der Waals surface area contributed by atoms with Gasteiger partial charge in [-0.3, -0.25) is 14.3 Å². The lowest BCUT2D eigenvalue weighted by Gasteiger charge is -2.27. The van der Waals surface area contributed by atoms with E-state index in [1.165, 1.54) is 10.4 Å². The van der Waals surface area contributed by atoms with Gasteiger partial charge in [-0.05, 0) is 30.0 Å². The van der Waals surface area contributed by atoms with Crippen LogP contribution in [0, 0.1) is 5.92 Å². The molecule has 2 aromatic heterocycles. The number of para-hydroxylation sites is 1. The Morgan fingerprint density at radius 1 is 1.06 bits per heavy atom.